The normalized spacial score (nSPS) is 14.9. The third-order valence-electron chi connectivity index (χ3n) is 5.40. The van der Waals surface area contributed by atoms with Crippen molar-refractivity contribution in [2.45, 2.75) is 26.3 Å². The highest BCUT2D eigenvalue weighted by atomic mass is 16.5. The van der Waals surface area contributed by atoms with Crippen molar-refractivity contribution >= 4 is 5.91 Å². The molecule has 0 radical (unpaired) electrons. The van der Waals surface area contributed by atoms with Gasteiger partial charge in [0.05, 0.1) is 13.0 Å². The van der Waals surface area contributed by atoms with Crippen LogP contribution in [0.1, 0.15) is 28.4 Å². The van der Waals surface area contributed by atoms with Crippen molar-refractivity contribution in [1.29, 1.82) is 0 Å². The number of nitrogens with zero attached hydrogens (tertiary/aromatic N) is 4. The van der Waals surface area contributed by atoms with Gasteiger partial charge in [-0.25, -0.2) is 0 Å². The van der Waals surface area contributed by atoms with E-state index < -0.39 is 0 Å². The van der Waals surface area contributed by atoms with Gasteiger partial charge in [-0.1, -0.05) is 59.8 Å². The fourth-order valence-electron chi connectivity index (χ4n) is 3.63. The minimum absolute atomic E-state index is 0.196. The Morgan fingerprint density at radius 3 is 2.48 bits per heavy atom. The molecule has 1 aliphatic rings. The molecule has 0 unspecified atom stereocenters. The van der Waals surface area contributed by atoms with Crippen molar-refractivity contribution in [2.24, 2.45) is 0 Å². The fraction of sp³-hybridized carbons (Fsp3) is 0.348. The summed E-state index contributed by atoms with van der Waals surface area (Å²) < 4.78 is 5.42. The van der Waals surface area contributed by atoms with Gasteiger partial charge in [-0.05, 0) is 23.6 Å². The molecule has 0 saturated carbocycles. The van der Waals surface area contributed by atoms with Crippen LogP contribution in [0, 0.1) is 6.92 Å². The smallest absolute Gasteiger partial charge is 0.240 e. The molecule has 0 aliphatic carbocycles. The number of benzene rings is 2. The third kappa shape index (κ3) is 5.09. The highest BCUT2D eigenvalue weighted by Crippen LogP contribution is 2.13. The summed E-state index contributed by atoms with van der Waals surface area (Å²) in [6, 6.07) is 18.2. The van der Waals surface area contributed by atoms with Crippen LogP contribution in [0.4, 0.5) is 0 Å². The van der Waals surface area contributed by atoms with Crippen LogP contribution in [0.25, 0.3) is 0 Å². The van der Waals surface area contributed by atoms with Crippen molar-refractivity contribution in [1.82, 2.24) is 19.9 Å². The molecule has 0 bridgehead atoms. The maximum Gasteiger partial charge on any atom is 0.240 e. The van der Waals surface area contributed by atoms with Crippen LogP contribution < -0.4 is 0 Å². The molecule has 6 heteroatoms. The van der Waals surface area contributed by atoms with E-state index in [0.29, 0.717) is 31.1 Å². The largest absolute Gasteiger partial charge is 0.340 e. The summed E-state index contributed by atoms with van der Waals surface area (Å²) in [5.74, 6) is 1.54. The van der Waals surface area contributed by atoms with Crippen LogP contribution >= 0.6 is 0 Å². The second-order valence-corrected chi connectivity index (χ2v) is 7.53. The Balaban J connectivity index is 1.26. The first-order valence-corrected chi connectivity index (χ1v) is 10.1. The Morgan fingerprint density at radius 1 is 1.00 bits per heavy atom. The van der Waals surface area contributed by atoms with Crippen molar-refractivity contribution in [3.63, 3.8) is 0 Å². The quantitative estimate of drug-likeness (QED) is 0.648. The van der Waals surface area contributed by atoms with Gasteiger partial charge in [0.1, 0.15) is 0 Å². The van der Waals surface area contributed by atoms with Crippen LogP contribution in [0.5, 0.6) is 0 Å². The van der Waals surface area contributed by atoms with Gasteiger partial charge >= 0.3 is 0 Å². The molecular weight excluding hydrogens is 364 g/mol. The second kappa shape index (κ2) is 9.01. The van der Waals surface area contributed by atoms with E-state index in [1.807, 2.05) is 41.3 Å². The Bertz CT molecular complexity index is 946. The number of hydrogen-bond acceptors (Lipinski definition) is 5. The SMILES string of the molecule is Cc1ccccc1CC(=O)N1CCN(Cc2nc(Cc3ccccc3)no2)CC1. The molecule has 2 heterocycles. The summed E-state index contributed by atoms with van der Waals surface area (Å²) in [4.78, 5) is 21.4. The lowest BCUT2D eigenvalue weighted by Crippen LogP contribution is -2.48. The van der Waals surface area contributed by atoms with Gasteiger partial charge in [0.25, 0.3) is 0 Å². The number of amides is 1. The zero-order valence-electron chi connectivity index (χ0n) is 16.8. The van der Waals surface area contributed by atoms with Gasteiger partial charge in [0.2, 0.25) is 11.8 Å². The van der Waals surface area contributed by atoms with Gasteiger partial charge < -0.3 is 9.42 Å². The highest BCUT2D eigenvalue weighted by Gasteiger charge is 2.23. The number of aryl methyl sites for hydroxylation is 1. The number of piperazine rings is 1. The Kier molecular flexibility index (Phi) is 6.00. The molecule has 2 aromatic carbocycles. The second-order valence-electron chi connectivity index (χ2n) is 7.53. The van der Waals surface area contributed by atoms with Crippen molar-refractivity contribution in [2.75, 3.05) is 26.2 Å². The van der Waals surface area contributed by atoms with Crippen LogP contribution in [-0.4, -0.2) is 52.0 Å². The standard InChI is InChI=1S/C23H26N4O2/c1-18-7-5-6-10-20(18)16-23(28)27-13-11-26(12-14-27)17-22-24-21(25-29-22)15-19-8-3-2-4-9-19/h2-10H,11-17H2,1H3. The lowest BCUT2D eigenvalue weighted by atomic mass is 10.1. The lowest BCUT2D eigenvalue weighted by molar-refractivity contribution is -0.132. The summed E-state index contributed by atoms with van der Waals surface area (Å²) in [5, 5.41) is 4.10. The van der Waals surface area contributed by atoms with E-state index in [9.17, 15) is 4.79 Å². The maximum atomic E-state index is 12.6. The number of hydrogen-bond donors (Lipinski definition) is 0. The van der Waals surface area contributed by atoms with Gasteiger partial charge in [-0.2, -0.15) is 4.98 Å². The van der Waals surface area contributed by atoms with Crippen LogP contribution in [-0.2, 0) is 24.2 Å². The Labute approximate surface area is 171 Å². The molecule has 0 spiro atoms. The van der Waals surface area contributed by atoms with E-state index in [2.05, 4.69) is 40.2 Å². The third-order valence-corrected chi connectivity index (χ3v) is 5.40. The first-order chi connectivity index (χ1) is 14.2. The average Bonchev–Trinajstić information content (AvgIpc) is 3.17. The predicted molar refractivity (Wildman–Crippen MR) is 110 cm³/mol. The molecule has 4 rings (SSSR count). The van der Waals surface area contributed by atoms with Crippen molar-refractivity contribution in [3.05, 3.63) is 83.0 Å². The van der Waals surface area contributed by atoms with E-state index in [0.717, 1.165) is 31.7 Å². The van der Waals surface area contributed by atoms with Gasteiger partial charge in [-0.3, -0.25) is 9.69 Å². The monoisotopic (exact) mass is 390 g/mol. The zero-order valence-corrected chi connectivity index (χ0v) is 16.8. The topological polar surface area (TPSA) is 62.5 Å². The minimum atomic E-state index is 0.196. The fourth-order valence-corrected chi connectivity index (χ4v) is 3.63. The molecule has 1 aromatic heterocycles. The molecule has 1 amide bonds. The van der Waals surface area contributed by atoms with Crippen LogP contribution in [0.15, 0.2) is 59.1 Å². The molecular formula is C23H26N4O2. The first kappa shape index (κ1) is 19.3. The van der Waals surface area contributed by atoms with E-state index in [1.165, 1.54) is 11.1 Å². The molecule has 0 N–H and O–H groups in total. The zero-order chi connectivity index (χ0) is 20.1. The van der Waals surface area contributed by atoms with Crippen molar-refractivity contribution < 1.29 is 9.32 Å². The summed E-state index contributed by atoms with van der Waals surface area (Å²) in [6.07, 6.45) is 1.14. The Morgan fingerprint density at radius 2 is 1.72 bits per heavy atom. The molecule has 1 fully saturated rings. The predicted octanol–water partition coefficient (Wildman–Crippen LogP) is 2.86. The lowest BCUT2D eigenvalue weighted by Gasteiger charge is -2.34. The maximum absolute atomic E-state index is 12.6. The summed E-state index contributed by atoms with van der Waals surface area (Å²) >= 11 is 0. The summed E-state index contributed by atoms with van der Waals surface area (Å²) in [5.41, 5.74) is 3.44. The summed E-state index contributed by atoms with van der Waals surface area (Å²) in [7, 11) is 0. The highest BCUT2D eigenvalue weighted by molar-refractivity contribution is 5.79. The number of aromatic nitrogens is 2. The molecule has 1 saturated heterocycles. The van der Waals surface area contributed by atoms with Crippen LogP contribution in [0.2, 0.25) is 0 Å². The van der Waals surface area contributed by atoms with Gasteiger partial charge in [-0.15, -0.1) is 0 Å². The van der Waals surface area contributed by atoms with Gasteiger partial charge in [0, 0.05) is 32.6 Å². The van der Waals surface area contributed by atoms with Gasteiger partial charge in [0.15, 0.2) is 5.82 Å². The van der Waals surface area contributed by atoms with E-state index in [-0.39, 0.29) is 5.91 Å². The van der Waals surface area contributed by atoms with E-state index in [1.54, 1.807) is 0 Å². The molecule has 1 aliphatic heterocycles. The van der Waals surface area contributed by atoms with E-state index in [4.69, 9.17) is 4.52 Å². The molecule has 3 aromatic rings. The number of carbonyl (C=O) groups excluding carboxylic acids is 1. The number of rotatable bonds is 6. The molecule has 0 atom stereocenters. The van der Waals surface area contributed by atoms with Crippen LogP contribution in [0.3, 0.4) is 0 Å². The Hall–Kier alpha value is -2.99. The molecule has 29 heavy (non-hydrogen) atoms. The minimum Gasteiger partial charge on any atom is -0.340 e. The summed E-state index contributed by atoms with van der Waals surface area (Å²) in [6.45, 7) is 5.77. The molecule has 150 valence electrons. The number of carbonyl (C=O) groups is 1. The first-order valence-electron chi connectivity index (χ1n) is 10.1. The van der Waals surface area contributed by atoms with E-state index >= 15 is 0 Å². The molecule has 6 nitrogen and oxygen atoms in total. The average molecular weight is 390 g/mol. The van der Waals surface area contributed by atoms with Crippen molar-refractivity contribution in [3.8, 4) is 0 Å².